The lowest BCUT2D eigenvalue weighted by Crippen LogP contribution is -2.36. The van der Waals surface area contributed by atoms with Crippen molar-refractivity contribution in [3.63, 3.8) is 0 Å². The molecule has 4 heterocycles. The molecule has 4 aromatic rings. The molecule has 1 amide bonds. The number of hydrogen-bond acceptors (Lipinski definition) is 7. The summed E-state index contributed by atoms with van der Waals surface area (Å²) in [5, 5.41) is 15.5. The monoisotopic (exact) mass is 435 g/mol. The molecule has 0 saturated heterocycles. The van der Waals surface area contributed by atoms with Gasteiger partial charge in [0, 0.05) is 24.4 Å². The summed E-state index contributed by atoms with van der Waals surface area (Å²) < 4.78 is 9.23. The van der Waals surface area contributed by atoms with Crippen LogP contribution >= 0.6 is 0 Å². The molecule has 0 spiro atoms. The minimum absolute atomic E-state index is 0.152. The van der Waals surface area contributed by atoms with Crippen molar-refractivity contribution in [1.29, 1.82) is 0 Å². The number of rotatable bonds is 7. The molecular weight excluding hydrogens is 414 g/mol. The molecule has 0 bridgehead atoms. The van der Waals surface area contributed by atoms with Gasteiger partial charge in [-0.25, -0.2) is 14.0 Å². The first kappa shape index (κ1) is 21.0. The molecule has 4 rings (SSSR count). The second-order valence-corrected chi connectivity index (χ2v) is 7.13. The molecule has 4 aromatic heterocycles. The van der Waals surface area contributed by atoms with E-state index in [-0.39, 0.29) is 25.2 Å². The quantitative estimate of drug-likeness (QED) is 0.452. The molecule has 0 aliphatic carbocycles. The van der Waals surface area contributed by atoms with Crippen molar-refractivity contribution in [1.82, 2.24) is 34.7 Å². The topological polar surface area (TPSA) is 130 Å². The van der Waals surface area contributed by atoms with Crippen molar-refractivity contribution >= 4 is 5.91 Å². The lowest BCUT2D eigenvalue weighted by atomic mass is 10.3. The molecule has 0 aliphatic rings. The highest BCUT2D eigenvalue weighted by molar-refractivity contribution is 5.75. The molecule has 0 saturated carbocycles. The number of aromatic nitrogens is 6. The van der Waals surface area contributed by atoms with Crippen LogP contribution in [-0.4, -0.2) is 41.8 Å². The summed E-state index contributed by atoms with van der Waals surface area (Å²) in [4.78, 5) is 36.5. The second-order valence-electron chi connectivity index (χ2n) is 7.13. The zero-order valence-corrected chi connectivity index (χ0v) is 17.6. The van der Waals surface area contributed by atoms with E-state index in [9.17, 15) is 14.4 Å². The number of amides is 1. The zero-order chi connectivity index (χ0) is 22.7. The van der Waals surface area contributed by atoms with Crippen LogP contribution in [0.2, 0.25) is 0 Å². The standard InChI is InChI=1S/C21H21N7O4/c1-14-12-15(2)28(23-14)18-6-8-20(30)26(25-18)10-9-22-19(29)13-27-21(31)7-5-16(24-27)17-4-3-11-32-17/h3-8,11-12H,9-10,13H2,1-2H3,(H,22,29). The van der Waals surface area contributed by atoms with Crippen LogP contribution in [0, 0.1) is 13.8 Å². The second kappa shape index (κ2) is 8.84. The SMILES string of the molecule is Cc1cc(C)n(-c2ccc(=O)n(CCNC(=O)Cn3nc(-c4ccco4)ccc3=O)n2)n1. The molecule has 1 N–H and O–H groups in total. The van der Waals surface area contributed by atoms with E-state index in [1.165, 1.54) is 29.1 Å². The van der Waals surface area contributed by atoms with Crippen LogP contribution < -0.4 is 16.4 Å². The van der Waals surface area contributed by atoms with E-state index in [0.717, 1.165) is 16.1 Å². The number of nitrogens with one attached hydrogen (secondary N) is 1. The van der Waals surface area contributed by atoms with Crippen LogP contribution in [0.25, 0.3) is 17.3 Å². The summed E-state index contributed by atoms with van der Waals surface area (Å²) >= 11 is 0. The number of furan rings is 1. The first-order chi connectivity index (χ1) is 15.4. The molecule has 0 atom stereocenters. The van der Waals surface area contributed by atoms with Gasteiger partial charge in [-0.2, -0.15) is 10.2 Å². The van der Waals surface area contributed by atoms with Gasteiger partial charge in [-0.1, -0.05) is 0 Å². The minimum Gasteiger partial charge on any atom is -0.463 e. The summed E-state index contributed by atoms with van der Waals surface area (Å²) in [6, 6.07) is 11.2. The van der Waals surface area contributed by atoms with E-state index in [4.69, 9.17) is 4.42 Å². The summed E-state index contributed by atoms with van der Waals surface area (Å²) in [6.45, 7) is 3.82. The Morgan fingerprint density at radius 2 is 1.78 bits per heavy atom. The van der Waals surface area contributed by atoms with Gasteiger partial charge < -0.3 is 9.73 Å². The van der Waals surface area contributed by atoms with Gasteiger partial charge in [0.25, 0.3) is 11.1 Å². The van der Waals surface area contributed by atoms with Crippen molar-refractivity contribution in [3.8, 4) is 17.3 Å². The van der Waals surface area contributed by atoms with Crippen LogP contribution in [0.3, 0.4) is 0 Å². The predicted molar refractivity (Wildman–Crippen MR) is 114 cm³/mol. The van der Waals surface area contributed by atoms with E-state index >= 15 is 0 Å². The zero-order valence-electron chi connectivity index (χ0n) is 17.6. The third kappa shape index (κ3) is 4.56. The van der Waals surface area contributed by atoms with Gasteiger partial charge >= 0.3 is 0 Å². The van der Waals surface area contributed by atoms with Gasteiger partial charge in [0.2, 0.25) is 5.91 Å². The van der Waals surface area contributed by atoms with Crippen molar-refractivity contribution < 1.29 is 9.21 Å². The van der Waals surface area contributed by atoms with Gasteiger partial charge in [-0.3, -0.25) is 14.4 Å². The van der Waals surface area contributed by atoms with Crippen molar-refractivity contribution in [3.05, 3.63) is 80.8 Å². The van der Waals surface area contributed by atoms with Crippen LogP contribution in [0.15, 0.2) is 62.7 Å². The maximum atomic E-state index is 12.3. The highest BCUT2D eigenvalue weighted by Gasteiger charge is 2.11. The highest BCUT2D eigenvalue weighted by atomic mass is 16.3. The summed E-state index contributed by atoms with van der Waals surface area (Å²) in [6.07, 6.45) is 1.50. The molecule has 11 heteroatoms. The number of nitrogens with zero attached hydrogens (tertiary/aromatic N) is 6. The molecule has 164 valence electrons. The van der Waals surface area contributed by atoms with Crippen molar-refractivity contribution in [2.24, 2.45) is 0 Å². The first-order valence-electron chi connectivity index (χ1n) is 9.91. The van der Waals surface area contributed by atoms with E-state index in [1.807, 2.05) is 19.9 Å². The predicted octanol–water partition coefficient (Wildman–Crippen LogP) is 0.679. The van der Waals surface area contributed by atoms with Crippen LogP contribution in [0.1, 0.15) is 11.4 Å². The van der Waals surface area contributed by atoms with Crippen LogP contribution in [-0.2, 0) is 17.9 Å². The average Bonchev–Trinajstić information content (AvgIpc) is 3.41. The molecule has 0 unspecified atom stereocenters. The van der Waals surface area contributed by atoms with E-state index < -0.39 is 11.5 Å². The normalized spacial score (nSPS) is 10.9. The highest BCUT2D eigenvalue weighted by Crippen LogP contribution is 2.15. The number of carbonyl (C=O) groups is 1. The molecule has 32 heavy (non-hydrogen) atoms. The van der Waals surface area contributed by atoms with E-state index in [1.54, 1.807) is 22.9 Å². The third-order valence-corrected chi connectivity index (χ3v) is 4.66. The summed E-state index contributed by atoms with van der Waals surface area (Å²) in [5.41, 5.74) is 1.47. The molecule has 0 aliphatic heterocycles. The largest absolute Gasteiger partial charge is 0.463 e. The van der Waals surface area contributed by atoms with Crippen LogP contribution in [0.4, 0.5) is 0 Å². The molecule has 0 aromatic carbocycles. The summed E-state index contributed by atoms with van der Waals surface area (Å²) in [5.74, 6) is 0.582. The average molecular weight is 435 g/mol. The Morgan fingerprint density at radius 1 is 1.00 bits per heavy atom. The van der Waals surface area contributed by atoms with E-state index in [2.05, 4.69) is 20.6 Å². The fraction of sp³-hybridized carbons (Fsp3) is 0.238. The Morgan fingerprint density at radius 3 is 2.50 bits per heavy atom. The number of hydrogen-bond donors (Lipinski definition) is 1. The van der Waals surface area contributed by atoms with Gasteiger partial charge in [-0.15, -0.1) is 5.10 Å². The molecular formula is C21H21N7O4. The van der Waals surface area contributed by atoms with Gasteiger partial charge in [0.1, 0.15) is 12.2 Å². The van der Waals surface area contributed by atoms with Gasteiger partial charge in [-0.05, 0) is 44.2 Å². The molecule has 0 radical (unpaired) electrons. The third-order valence-electron chi connectivity index (χ3n) is 4.66. The Bertz CT molecular complexity index is 1370. The van der Waals surface area contributed by atoms with Gasteiger partial charge in [0.15, 0.2) is 11.6 Å². The Labute approximate surface area is 181 Å². The first-order valence-corrected chi connectivity index (χ1v) is 9.91. The smallest absolute Gasteiger partial charge is 0.267 e. The maximum Gasteiger partial charge on any atom is 0.267 e. The Hall–Kier alpha value is -4.28. The number of carbonyl (C=O) groups excluding carboxylic acids is 1. The fourth-order valence-electron chi connectivity index (χ4n) is 3.18. The Kier molecular flexibility index (Phi) is 5.79. The van der Waals surface area contributed by atoms with Crippen molar-refractivity contribution in [2.45, 2.75) is 26.9 Å². The van der Waals surface area contributed by atoms with Crippen LogP contribution in [0.5, 0.6) is 0 Å². The number of aryl methyl sites for hydroxylation is 2. The fourth-order valence-corrected chi connectivity index (χ4v) is 3.18. The lowest BCUT2D eigenvalue weighted by molar-refractivity contribution is -0.121. The molecule has 0 fully saturated rings. The molecule has 11 nitrogen and oxygen atoms in total. The van der Waals surface area contributed by atoms with Crippen molar-refractivity contribution in [2.75, 3.05) is 6.54 Å². The minimum atomic E-state index is -0.418. The lowest BCUT2D eigenvalue weighted by Gasteiger charge is -2.10. The Balaban J connectivity index is 1.40. The van der Waals surface area contributed by atoms with E-state index in [0.29, 0.717) is 17.3 Å². The summed E-state index contributed by atoms with van der Waals surface area (Å²) in [7, 11) is 0. The maximum absolute atomic E-state index is 12.3. The van der Waals surface area contributed by atoms with Gasteiger partial charge in [0.05, 0.1) is 18.5 Å².